The van der Waals surface area contributed by atoms with Crippen LogP contribution < -0.4 is 10.6 Å². The monoisotopic (exact) mass is 523 g/mol. The van der Waals surface area contributed by atoms with Crippen molar-refractivity contribution in [3.05, 3.63) is 88.5 Å². The van der Waals surface area contributed by atoms with Crippen LogP contribution in [0.5, 0.6) is 0 Å². The van der Waals surface area contributed by atoms with Gasteiger partial charge in [0.05, 0.1) is 28.8 Å². The molecule has 1 heterocycles. The molecular formula is C25H23Cl2F3N3P. The van der Waals surface area contributed by atoms with Gasteiger partial charge < -0.3 is 5.32 Å². The highest BCUT2D eigenvalue weighted by Crippen LogP contribution is 2.31. The van der Waals surface area contributed by atoms with E-state index in [1.165, 1.54) is 18.2 Å². The number of nitrogens with one attached hydrogen (secondary N) is 1. The van der Waals surface area contributed by atoms with Gasteiger partial charge in [-0.2, -0.15) is 0 Å². The minimum absolute atomic E-state index is 0.0137. The van der Waals surface area contributed by atoms with Gasteiger partial charge >= 0.3 is 0 Å². The zero-order valence-electron chi connectivity index (χ0n) is 18.9. The van der Waals surface area contributed by atoms with Crippen molar-refractivity contribution in [3.63, 3.8) is 0 Å². The van der Waals surface area contributed by atoms with E-state index in [0.29, 0.717) is 22.4 Å². The van der Waals surface area contributed by atoms with Crippen molar-refractivity contribution in [3.8, 4) is 11.3 Å². The molecule has 1 N–H and O–H groups in total. The number of nitrogens with zero attached hydrogens (tertiary/aromatic N) is 2. The molecule has 2 aromatic carbocycles. The van der Waals surface area contributed by atoms with Crippen LogP contribution in [-0.4, -0.2) is 29.9 Å². The van der Waals surface area contributed by atoms with E-state index in [9.17, 15) is 8.78 Å². The van der Waals surface area contributed by atoms with Gasteiger partial charge in [-0.25, -0.2) is 18.2 Å². The van der Waals surface area contributed by atoms with Crippen LogP contribution in [0.1, 0.15) is 18.2 Å². The Labute approximate surface area is 208 Å². The lowest BCUT2D eigenvalue weighted by Crippen LogP contribution is -2.13. The van der Waals surface area contributed by atoms with E-state index in [4.69, 9.17) is 23.2 Å². The van der Waals surface area contributed by atoms with Crippen LogP contribution >= 0.6 is 31.1 Å². The van der Waals surface area contributed by atoms with Crippen molar-refractivity contribution < 1.29 is 13.2 Å². The first kappa shape index (κ1) is 26.2. The Bertz CT molecular complexity index is 1260. The molecular weight excluding hydrogens is 501 g/mol. The molecule has 0 aliphatic carbocycles. The van der Waals surface area contributed by atoms with Crippen LogP contribution in [0.2, 0.25) is 5.02 Å². The van der Waals surface area contributed by atoms with Gasteiger partial charge in [0.25, 0.3) is 0 Å². The van der Waals surface area contributed by atoms with Crippen LogP contribution in [0.3, 0.4) is 0 Å². The number of pyridine rings is 1. The molecule has 0 fully saturated rings. The average molecular weight is 524 g/mol. The lowest BCUT2D eigenvalue weighted by Gasteiger charge is -2.16. The van der Waals surface area contributed by atoms with Crippen molar-refractivity contribution >= 4 is 47.8 Å². The number of benzene rings is 2. The van der Waals surface area contributed by atoms with Crippen molar-refractivity contribution in [1.29, 1.82) is 0 Å². The summed E-state index contributed by atoms with van der Waals surface area (Å²) in [7, 11) is -0.657. The first-order chi connectivity index (χ1) is 16.1. The summed E-state index contributed by atoms with van der Waals surface area (Å²) in [5.74, 6) is -1.71. The van der Waals surface area contributed by atoms with E-state index >= 15 is 4.39 Å². The predicted octanol–water partition coefficient (Wildman–Crippen LogP) is 7.36. The molecule has 0 aliphatic rings. The molecule has 3 nitrogen and oxygen atoms in total. The summed E-state index contributed by atoms with van der Waals surface area (Å²) in [4.78, 5) is 8.89. The number of alkyl halides is 1. The molecule has 0 amide bonds. The summed E-state index contributed by atoms with van der Waals surface area (Å²) in [5.41, 5.74) is 1.91. The fraction of sp³-hybridized carbons (Fsp3) is 0.200. The average Bonchev–Trinajstić information content (AvgIpc) is 2.77. The third-order valence-electron chi connectivity index (χ3n) is 4.90. The molecule has 0 saturated carbocycles. The first-order valence-electron chi connectivity index (χ1n) is 10.2. The zero-order valence-corrected chi connectivity index (χ0v) is 21.3. The van der Waals surface area contributed by atoms with Crippen molar-refractivity contribution in [1.82, 2.24) is 4.98 Å². The molecule has 34 heavy (non-hydrogen) atoms. The Morgan fingerprint density at radius 3 is 2.47 bits per heavy atom. The number of aliphatic imine (C=N–C) groups is 1. The Morgan fingerprint density at radius 1 is 1.12 bits per heavy atom. The molecule has 0 saturated heterocycles. The van der Waals surface area contributed by atoms with Gasteiger partial charge in [0.1, 0.15) is 23.0 Å². The van der Waals surface area contributed by atoms with Crippen LogP contribution in [0.25, 0.3) is 11.3 Å². The van der Waals surface area contributed by atoms with E-state index in [-0.39, 0.29) is 40.0 Å². The fourth-order valence-electron chi connectivity index (χ4n) is 3.28. The highest BCUT2D eigenvalue weighted by molar-refractivity contribution is 7.64. The van der Waals surface area contributed by atoms with Crippen molar-refractivity contribution in [2.75, 3.05) is 24.5 Å². The Kier molecular flexibility index (Phi) is 8.75. The second kappa shape index (κ2) is 11.4. The maximum absolute atomic E-state index is 15.1. The number of rotatable bonds is 8. The number of hydrogen-bond donors (Lipinski definition) is 1. The molecule has 9 heteroatoms. The molecule has 3 rings (SSSR count). The fourth-order valence-corrected chi connectivity index (χ4v) is 4.55. The van der Waals surface area contributed by atoms with Gasteiger partial charge in [-0.15, -0.1) is 11.6 Å². The smallest absolute Gasteiger partial charge is 0.151 e. The van der Waals surface area contributed by atoms with Crippen LogP contribution in [0.15, 0.2) is 59.7 Å². The lowest BCUT2D eigenvalue weighted by molar-refractivity contribution is 0.611. The van der Waals surface area contributed by atoms with Gasteiger partial charge in [0.15, 0.2) is 5.82 Å². The maximum Gasteiger partial charge on any atom is 0.151 e. The third-order valence-corrected chi connectivity index (χ3v) is 6.77. The van der Waals surface area contributed by atoms with Gasteiger partial charge in [0, 0.05) is 28.2 Å². The summed E-state index contributed by atoms with van der Waals surface area (Å²) in [6.07, 6.45) is 0. The Hall–Kier alpha value is -2.40. The second-order valence-electron chi connectivity index (χ2n) is 7.79. The SMILES string of the molecule is C=C(C)Nc1cc(F)c(-c2ccc(P(C)C)c(F)c2)nc1C(CCl)=NCc1cccc(Cl)c1F. The summed E-state index contributed by atoms with van der Waals surface area (Å²) >= 11 is 12.0. The molecule has 0 aliphatic heterocycles. The van der Waals surface area contributed by atoms with Gasteiger partial charge in [-0.3, -0.25) is 4.99 Å². The molecule has 0 spiro atoms. The van der Waals surface area contributed by atoms with E-state index < -0.39 is 25.4 Å². The first-order valence-corrected chi connectivity index (χ1v) is 13.4. The van der Waals surface area contributed by atoms with Crippen LogP contribution in [0.4, 0.5) is 18.9 Å². The lowest BCUT2D eigenvalue weighted by atomic mass is 10.1. The van der Waals surface area contributed by atoms with Gasteiger partial charge in [0.2, 0.25) is 0 Å². The summed E-state index contributed by atoms with van der Waals surface area (Å²) in [6, 6.07) is 10.4. The molecule has 0 radical (unpaired) electrons. The summed E-state index contributed by atoms with van der Waals surface area (Å²) in [5, 5.41) is 3.53. The number of anilines is 1. The number of aromatic nitrogens is 1. The summed E-state index contributed by atoms with van der Waals surface area (Å²) < 4.78 is 44.0. The maximum atomic E-state index is 15.1. The Morgan fingerprint density at radius 2 is 1.85 bits per heavy atom. The topological polar surface area (TPSA) is 37.3 Å². The minimum atomic E-state index is -0.657. The van der Waals surface area contributed by atoms with Gasteiger partial charge in [-0.1, -0.05) is 50.4 Å². The standard InChI is InChI=1S/C25H23Cl2F3N3P/c1-14(2)32-20-11-19(29)24(15-8-9-22(34(3)4)18(28)10-15)33-25(20)21(12-26)31-13-16-6-5-7-17(27)23(16)30/h5-11,32H,1,12-13H2,2-4H3. The highest BCUT2D eigenvalue weighted by Gasteiger charge is 2.19. The van der Waals surface area contributed by atoms with E-state index in [2.05, 4.69) is 21.9 Å². The summed E-state index contributed by atoms with van der Waals surface area (Å²) in [6.45, 7) is 9.33. The third kappa shape index (κ3) is 5.99. The number of halogens is 5. The van der Waals surface area contributed by atoms with E-state index in [1.807, 2.05) is 13.3 Å². The molecule has 3 aromatic rings. The minimum Gasteiger partial charge on any atom is -0.358 e. The molecule has 0 atom stereocenters. The predicted molar refractivity (Wildman–Crippen MR) is 139 cm³/mol. The number of allylic oxidation sites excluding steroid dienone is 1. The quantitative estimate of drug-likeness (QED) is 0.190. The van der Waals surface area contributed by atoms with Crippen LogP contribution in [0, 0.1) is 17.5 Å². The van der Waals surface area contributed by atoms with Crippen molar-refractivity contribution in [2.45, 2.75) is 13.5 Å². The molecule has 0 unspecified atom stereocenters. The van der Waals surface area contributed by atoms with E-state index in [1.54, 1.807) is 31.2 Å². The largest absolute Gasteiger partial charge is 0.358 e. The second-order valence-corrected chi connectivity index (χ2v) is 10.7. The molecule has 0 bridgehead atoms. The highest BCUT2D eigenvalue weighted by atomic mass is 35.5. The van der Waals surface area contributed by atoms with Crippen LogP contribution in [-0.2, 0) is 6.54 Å². The van der Waals surface area contributed by atoms with E-state index in [0.717, 1.165) is 0 Å². The number of hydrogen-bond acceptors (Lipinski definition) is 3. The normalized spacial score (nSPS) is 11.7. The zero-order chi connectivity index (χ0) is 25.0. The molecule has 1 aromatic heterocycles. The van der Waals surface area contributed by atoms with Gasteiger partial charge in [-0.05, 0) is 32.4 Å². The van der Waals surface area contributed by atoms with Crippen molar-refractivity contribution in [2.24, 2.45) is 4.99 Å². The molecule has 178 valence electrons. The Balaban J connectivity index is 2.12.